The van der Waals surface area contributed by atoms with Crippen molar-refractivity contribution in [1.82, 2.24) is 5.32 Å². The zero-order chi connectivity index (χ0) is 15.1. The van der Waals surface area contributed by atoms with Crippen LogP contribution < -0.4 is 14.8 Å². The second-order valence-electron chi connectivity index (χ2n) is 5.01. The fourth-order valence-electron chi connectivity index (χ4n) is 2.19. The summed E-state index contributed by atoms with van der Waals surface area (Å²) >= 11 is 0. The number of likely N-dealkylation sites (N-methyl/N-ethyl adjacent to an activating group) is 1. The Hall–Kier alpha value is -2.00. The molecule has 0 radical (unpaired) electrons. The van der Waals surface area contributed by atoms with E-state index in [0.29, 0.717) is 6.61 Å². The molecule has 1 N–H and O–H groups in total. The topological polar surface area (TPSA) is 30.5 Å². The zero-order valence-corrected chi connectivity index (χ0v) is 12.9. The number of rotatable bonds is 7. The smallest absolute Gasteiger partial charge is 0.123 e. The van der Waals surface area contributed by atoms with E-state index in [1.807, 2.05) is 24.3 Å². The summed E-state index contributed by atoms with van der Waals surface area (Å²) in [6.07, 6.45) is 0. The molecule has 0 spiro atoms. The molecule has 0 aliphatic rings. The van der Waals surface area contributed by atoms with Gasteiger partial charge < -0.3 is 14.8 Å². The highest BCUT2D eigenvalue weighted by atomic mass is 16.5. The van der Waals surface area contributed by atoms with Gasteiger partial charge in [-0.3, -0.25) is 0 Å². The van der Waals surface area contributed by atoms with E-state index in [2.05, 4.69) is 43.4 Å². The van der Waals surface area contributed by atoms with Gasteiger partial charge in [-0.2, -0.15) is 0 Å². The fourth-order valence-corrected chi connectivity index (χ4v) is 2.19. The van der Waals surface area contributed by atoms with Crippen molar-refractivity contribution in [3.05, 3.63) is 59.7 Å². The van der Waals surface area contributed by atoms with Crippen LogP contribution in [0.2, 0.25) is 0 Å². The van der Waals surface area contributed by atoms with E-state index in [-0.39, 0.29) is 6.04 Å². The normalized spacial score (nSPS) is 12.0. The highest BCUT2D eigenvalue weighted by Crippen LogP contribution is 2.21. The average molecular weight is 285 g/mol. The van der Waals surface area contributed by atoms with Crippen molar-refractivity contribution >= 4 is 0 Å². The Labute approximate surface area is 126 Å². The second kappa shape index (κ2) is 7.70. The van der Waals surface area contributed by atoms with Gasteiger partial charge in [0.25, 0.3) is 0 Å². The number of hydrogen-bond donors (Lipinski definition) is 1. The standard InChI is InChI=1S/C18H23NO2/c1-4-19-18(15-10-8-14(2)9-11-15)13-21-17-7-5-6-16(12-17)20-3/h5-12,18-19H,4,13H2,1-3H3. The summed E-state index contributed by atoms with van der Waals surface area (Å²) in [5, 5.41) is 3.46. The Kier molecular flexibility index (Phi) is 5.64. The molecule has 2 aromatic rings. The molecule has 0 aliphatic heterocycles. The number of aryl methyl sites for hydroxylation is 1. The maximum atomic E-state index is 5.91. The van der Waals surface area contributed by atoms with Gasteiger partial charge in [-0.1, -0.05) is 42.8 Å². The number of ether oxygens (including phenoxy) is 2. The average Bonchev–Trinajstić information content (AvgIpc) is 2.52. The lowest BCUT2D eigenvalue weighted by Gasteiger charge is -2.19. The molecule has 3 nitrogen and oxygen atoms in total. The van der Waals surface area contributed by atoms with Crippen molar-refractivity contribution in [1.29, 1.82) is 0 Å². The second-order valence-corrected chi connectivity index (χ2v) is 5.01. The number of benzene rings is 2. The Morgan fingerprint density at radius 1 is 1.05 bits per heavy atom. The SMILES string of the molecule is CCNC(COc1cccc(OC)c1)c1ccc(C)cc1. The Morgan fingerprint density at radius 3 is 2.43 bits per heavy atom. The van der Waals surface area contributed by atoms with Crippen molar-refractivity contribution in [2.45, 2.75) is 19.9 Å². The molecular weight excluding hydrogens is 262 g/mol. The van der Waals surface area contributed by atoms with Gasteiger partial charge in [0, 0.05) is 6.07 Å². The van der Waals surface area contributed by atoms with Crippen LogP contribution in [0.25, 0.3) is 0 Å². The molecule has 0 aromatic heterocycles. The van der Waals surface area contributed by atoms with E-state index in [4.69, 9.17) is 9.47 Å². The summed E-state index contributed by atoms with van der Waals surface area (Å²) in [6.45, 7) is 5.69. The molecular formula is C18H23NO2. The highest BCUT2D eigenvalue weighted by Gasteiger charge is 2.11. The first kappa shape index (κ1) is 15.4. The van der Waals surface area contributed by atoms with Crippen LogP contribution in [0, 0.1) is 6.92 Å². The van der Waals surface area contributed by atoms with Crippen LogP contribution in [0.4, 0.5) is 0 Å². The van der Waals surface area contributed by atoms with Crippen LogP contribution in [0.1, 0.15) is 24.1 Å². The molecule has 112 valence electrons. The van der Waals surface area contributed by atoms with E-state index >= 15 is 0 Å². The van der Waals surface area contributed by atoms with E-state index < -0.39 is 0 Å². The summed E-state index contributed by atoms with van der Waals surface area (Å²) in [4.78, 5) is 0. The molecule has 2 aromatic carbocycles. The van der Waals surface area contributed by atoms with E-state index in [1.54, 1.807) is 7.11 Å². The minimum atomic E-state index is 0.182. The first-order valence-corrected chi connectivity index (χ1v) is 7.29. The van der Waals surface area contributed by atoms with E-state index in [9.17, 15) is 0 Å². The molecule has 0 saturated carbocycles. The largest absolute Gasteiger partial charge is 0.497 e. The molecule has 2 rings (SSSR count). The Balaban J connectivity index is 2.04. The molecule has 3 heteroatoms. The van der Waals surface area contributed by atoms with Crippen molar-refractivity contribution in [3.8, 4) is 11.5 Å². The minimum absolute atomic E-state index is 0.182. The predicted octanol–water partition coefficient (Wildman–Crippen LogP) is 3.73. The van der Waals surface area contributed by atoms with Crippen LogP contribution in [0.5, 0.6) is 11.5 Å². The Bertz CT molecular complexity index is 551. The van der Waals surface area contributed by atoms with Gasteiger partial charge in [-0.15, -0.1) is 0 Å². The third kappa shape index (κ3) is 4.50. The quantitative estimate of drug-likeness (QED) is 0.840. The molecule has 0 heterocycles. The summed E-state index contributed by atoms with van der Waals surface area (Å²) in [5.74, 6) is 1.63. The molecule has 1 atom stereocenters. The maximum Gasteiger partial charge on any atom is 0.123 e. The molecule has 0 amide bonds. The molecule has 0 saturated heterocycles. The van der Waals surface area contributed by atoms with Gasteiger partial charge in [0.15, 0.2) is 0 Å². The third-order valence-corrected chi connectivity index (χ3v) is 3.39. The van der Waals surface area contributed by atoms with Gasteiger partial charge in [0.1, 0.15) is 18.1 Å². The predicted molar refractivity (Wildman–Crippen MR) is 86.1 cm³/mol. The van der Waals surface area contributed by atoms with Crippen molar-refractivity contribution in [2.75, 3.05) is 20.3 Å². The van der Waals surface area contributed by atoms with Gasteiger partial charge in [0.05, 0.1) is 13.2 Å². The van der Waals surface area contributed by atoms with Crippen molar-refractivity contribution < 1.29 is 9.47 Å². The first-order chi connectivity index (χ1) is 10.2. The van der Waals surface area contributed by atoms with E-state index in [0.717, 1.165) is 18.0 Å². The number of hydrogen-bond acceptors (Lipinski definition) is 3. The third-order valence-electron chi connectivity index (χ3n) is 3.39. The van der Waals surface area contributed by atoms with Gasteiger partial charge in [-0.05, 0) is 31.2 Å². The Morgan fingerprint density at radius 2 is 1.76 bits per heavy atom. The zero-order valence-electron chi connectivity index (χ0n) is 12.9. The molecule has 1 unspecified atom stereocenters. The molecule has 0 bridgehead atoms. The summed E-state index contributed by atoms with van der Waals surface area (Å²) in [5.41, 5.74) is 2.51. The number of nitrogens with one attached hydrogen (secondary N) is 1. The monoisotopic (exact) mass is 285 g/mol. The summed E-state index contributed by atoms with van der Waals surface area (Å²) < 4.78 is 11.1. The summed E-state index contributed by atoms with van der Waals surface area (Å²) in [7, 11) is 1.66. The first-order valence-electron chi connectivity index (χ1n) is 7.29. The number of methoxy groups -OCH3 is 1. The van der Waals surface area contributed by atoms with E-state index in [1.165, 1.54) is 11.1 Å². The lowest BCUT2D eigenvalue weighted by atomic mass is 10.1. The van der Waals surface area contributed by atoms with Crippen LogP contribution in [-0.2, 0) is 0 Å². The van der Waals surface area contributed by atoms with Gasteiger partial charge in [-0.25, -0.2) is 0 Å². The van der Waals surface area contributed by atoms with Gasteiger partial charge >= 0.3 is 0 Å². The molecule has 21 heavy (non-hydrogen) atoms. The van der Waals surface area contributed by atoms with Crippen LogP contribution >= 0.6 is 0 Å². The molecule has 0 fully saturated rings. The minimum Gasteiger partial charge on any atom is -0.497 e. The van der Waals surface area contributed by atoms with Crippen LogP contribution in [0.15, 0.2) is 48.5 Å². The van der Waals surface area contributed by atoms with Crippen molar-refractivity contribution in [3.63, 3.8) is 0 Å². The van der Waals surface area contributed by atoms with Crippen molar-refractivity contribution in [2.24, 2.45) is 0 Å². The maximum absolute atomic E-state index is 5.91. The van der Waals surface area contributed by atoms with Crippen LogP contribution in [-0.4, -0.2) is 20.3 Å². The highest BCUT2D eigenvalue weighted by molar-refractivity contribution is 5.33. The fraction of sp³-hybridized carbons (Fsp3) is 0.333. The van der Waals surface area contributed by atoms with Gasteiger partial charge in [0.2, 0.25) is 0 Å². The molecule has 0 aliphatic carbocycles. The lowest BCUT2D eigenvalue weighted by Crippen LogP contribution is -2.26. The summed E-state index contributed by atoms with van der Waals surface area (Å²) in [6, 6.07) is 16.4. The lowest BCUT2D eigenvalue weighted by molar-refractivity contribution is 0.267. The van der Waals surface area contributed by atoms with Crippen LogP contribution in [0.3, 0.4) is 0 Å².